The van der Waals surface area contributed by atoms with Crippen LogP contribution < -0.4 is 16.6 Å². The summed E-state index contributed by atoms with van der Waals surface area (Å²) in [5, 5.41) is 3.00. The minimum absolute atomic E-state index is 0.177. The normalized spacial score (nSPS) is 12.4. The van der Waals surface area contributed by atoms with Crippen LogP contribution in [0.15, 0.2) is 17.2 Å². The van der Waals surface area contributed by atoms with E-state index in [1.807, 2.05) is 0 Å². The highest BCUT2D eigenvalue weighted by molar-refractivity contribution is 5.29. The Balaban J connectivity index is 2.26. The lowest BCUT2D eigenvalue weighted by Crippen LogP contribution is -2.17. The van der Waals surface area contributed by atoms with Crippen LogP contribution >= 0.6 is 0 Å². The molecule has 0 saturated heterocycles. The van der Waals surface area contributed by atoms with E-state index in [4.69, 9.17) is 5.73 Å². The van der Waals surface area contributed by atoms with Crippen LogP contribution in [0.25, 0.3) is 0 Å². The molecule has 1 rings (SSSR count). The average Bonchev–Trinajstić information content (AvgIpc) is 2.26. The Morgan fingerprint density at radius 2 is 2.47 bits per heavy atom. The maximum atomic E-state index is 11.2. The lowest BCUT2D eigenvalue weighted by atomic mass is 10.1. The Labute approximate surface area is 89.1 Å². The summed E-state index contributed by atoms with van der Waals surface area (Å²) in [4.78, 5) is 17.7. The van der Waals surface area contributed by atoms with Crippen molar-refractivity contribution in [2.24, 2.45) is 11.7 Å². The predicted octanol–water partition coefficient (Wildman–Crippen LogP) is 0.557. The molecule has 1 unspecified atom stereocenters. The molecule has 0 aromatic carbocycles. The number of hydrogen-bond donors (Lipinski definition) is 3. The summed E-state index contributed by atoms with van der Waals surface area (Å²) < 4.78 is 0. The van der Waals surface area contributed by atoms with Gasteiger partial charge in [0.1, 0.15) is 0 Å². The molecule has 1 aromatic rings. The third kappa shape index (κ3) is 4.12. The number of aromatic amines is 1. The van der Waals surface area contributed by atoms with Gasteiger partial charge in [-0.1, -0.05) is 6.92 Å². The second kappa shape index (κ2) is 6.19. The highest BCUT2D eigenvalue weighted by Crippen LogP contribution is 2.02. The molecule has 1 atom stereocenters. The van der Waals surface area contributed by atoms with Crippen LogP contribution in [0.4, 0.5) is 5.82 Å². The summed E-state index contributed by atoms with van der Waals surface area (Å²) in [5.74, 6) is 0.923. The van der Waals surface area contributed by atoms with Gasteiger partial charge in [-0.2, -0.15) is 0 Å². The summed E-state index contributed by atoms with van der Waals surface area (Å²) >= 11 is 0. The van der Waals surface area contributed by atoms with Gasteiger partial charge in [-0.25, -0.2) is 4.98 Å². The van der Waals surface area contributed by atoms with Crippen molar-refractivity contribution in [1.29, 1.82) is 0 Å². The van der Waals surface area contributed by atoms with E-state index in [1.165, 1.54) is 6.20 Å². The van der Waals surface area contributed by atoms with Gasteiger partial charge in [-0.3, -0.25) is 4.79 Å². The maximum Gasteiger partial charge on any atom is 0.290 e. The van der Waals surface area contributed by atoms with Crippen molar-refractivity contribution < 1.29 is 0 Å². The number of hydrogen-bond acceptors (Lipinski definition) is 4. The molecule has 1 heterocycles. The van der Waals surface area contributed by atoms with Crippen molar-refractivity contribution in [3.63, 3.8) is 0 Å². The molecule has 4 N–H and O–H groups in total. The smallest absolute Gasteiger partial charge is 0.290 e. The first-order valence-electron chi connectivity index (χ1n) is 5.21. The largest absolute Gasteiger partial charge is 0.365 e. The van der Waals surface area contributed by atoms with Crippen LogP contribution in [0.1, 0.15) is 19.8 Å². The molecule has 0 radical (unpaired) electrons. The first kappa shape index (κ1) is 11.7. The van der Waals surface area contributed by atoms with Crippen LogP contribution in [0.2, 0.25) is 0 Å². The molecule has 0 aliphatic heterocycles. The first-order chi connectivity index (χ1) is 7.24. The third-order valence-electron chi connectivity index (χ3n) is 2.28. The molecule has 0 saturated carbocycles. The lowest BCUT2D eigenvalue weighted by molar-refractivity contribution is 0.529. The third-order valence-corrected chi connectivity index (χ3v) is 2.28. The van der Waals surface area contributed by atoms with Crippen LogP contribution in [0, 0.1) is 5.92 Å². The van der Waals surface area contributed by atoms with E-state index < -0.39 is 0 Å². The number of nitrogens with zero attached hydrogens (tertiary/aromatic N) is 1. The van der Waals surface area contributed by atoms with Gasteiger partial charge in [0.15, 0.2) is 5.82 Å². The second-order valence-electron chi connectivity index (χ2n) is 3.68. The van der Waals surface area contributed by atoms with E-state index in [0.29, 0.717) is 18.3 Å². The molecule has 1 aromatic heterocycles. The second-order valence-corrected chi connectivity index (χ2v) is 3.68. The highest BCUT2D eigenvalue weighted by atomic mass is 16.1. The van der Waals surface area contributed by atoms with E-state index in [2.05, 4.69) is 22.2 Å². The molecule has 84 valence electrons. The molecule has 5 heteroatoms. The fourth-order valence-corrected chi connectivity index (χ4v) is 1.25. The summed E-state index contributed by atoms with van der Waals surface area (Å²) in [7, 11) is 0. The van der Waals surface area contributed by atoms with E-state index >= 15 is 0 Å². The molecule has 0 amide bonds. The fraction of sp³-hybridized carbons (Fsp3) is 0.600. The van der Waals surface area contributed by atoms with Crippen molar-refractivity contribution in [3.8, 4) is 0 Å². The number of H-pyrrole nitrogens is 1. The van der Waals surface area contributed by atoms with Gasteiger partial charge in [0.25, 0.3) is 5.56 Å². The van der Waals surface area contributed by atoms with Gasteiger partial charge in [0.2, 0.25) is 0 Å². The van der Waals surface area contributed by atoms with Crippen molar-refractivity contribution in [1.82, 2.24) is 9.97 Å². The van der Waals surface area contributed by atoms with Crippen molar-refractivity contribution >= 4 is 5.82 Å². The Kier molecular flexibility index (Phi) is 4.83. The molecular formula is C10H18N4O. The van der Waals surface area contributed by atoms with Crippen molar-refractivity contribution in [2.45, 2.75) is 19.8 Å². The number of nitrogens with one attached hydrogen (secondary N) is 2. The van der Waals surface area contributed by atoms with Gasteiger partial charge in [-0.05, 0) is 25.3 Å². The summed E-state index contributed by atoms with van der Waals surface area (Å²) in [6.07, 6.45) is 5.14. The lowest BCUT2D eigenvalue weighted by Gasteiger charge is -2.08. The number of aromatic nitrogens is 2. The van der Waals surface area contributed by atoms with Gasteiger partial charge in [0, 0.05) is 18.9 Å². The highest BCUT2D eigenvalue weighted by Gasteiger charge is 2.00. The fourth-order valence-electron chi connectivity index (χ4n) is 1.25. The zero-order valence-electron chi connectivity index (χ0n) is 8.99. The number of anilines is 1. The van der Waals surface area contributed by atoms with Crippen LogP contribution in [0.5, 0.6) is 0 Å². The molecular weight excluding hydrogens is 192 g/mol. The van der Waals surface area contributed by atoms with E-state index in [1.54, 1.807) is 6.20 Å². The standard InChI is InChI=1S/C10H18N4O/c1-8(7-11)3-2-4-12-9-10(15)14-6-5-13-9/h5-6,8H,2-4,7,11H2,1H3,(H,12,13)(H,14,15). The van der Waals surface area contributed by atoms with Gasteiger partial charge in [0.05, 0.1) is 0 Å². The van der Waals surface area contributed by atoms with Crippen molar-refractivity contribution in [2.75, 3.05) is 18.4 Å². The maximum absolute atomic E-state index is 11.2. The molecule has 0 aliphatic carbocycles. The molecule has 5 nitrogen and oxygen atoms in total. The molecule has 0 fully saturated rings. The quantitative estimate of drug-likeness (QED) is 0.599. The first-order valence-corrected chi connectivity index (χ1v) is 5.21. The topological polar surface area (TPSA) is 83.8 Å². The minimum atomic E-state index is -0.177. The van der Waals surface area contributed by atoms with Crippen LogP contribution in [0.3, 0.4) is 0 Å². The zero-order valence-corrected chi connectivity index (χ0v) is 8.99. The Morgan fingerprint density at radius 3 is 3.13 bits per heavy atom. The van der Waals surface area contributed by atoms with Gasteiger partial charge in [-0.15, -0.1) is 0 Å². The Bertz CT molecular complexity index is 336. The molecule has 0 bridgehead atoms. The van der Waals surface area contributed by atoms with Gasteiger partial charge >= 0.3 is 0 Å². The number of rotatable bonds is 6. The SMILES string of the molecule is CC(CN)CCCNc1ncc[nH]c1=O. The van der Waals surface area contributed by atoms with Crippen molar-refractivity contribution in [3.05, 3.63) is 22.7 Å². The van der Waals surface area contributed by atoms with Crippen LogP contribution in [-0.2, 0) is 0 Å². The minimum Gasteiger partial charge on any atom is -0.365 e. The van der Waals surface area contributed by atoms with E-state index in [0.717, 1.165) is 19.4 Å². The molecule has 15 heavy (non-hydrogen) atoms. The predicted molar refractivity (Wildman–Crippen MR) is 60.8 cm³/mol. The number of nitrogens with two attached hydrogens (primary N) is 1. The monoisotopic (exact) mass is 210 g/mol. The van der Waals surface area contributed by atoms with E-state index in [-0.39, 0.29) is 5.56 Å². The van der Waals surface area contributed by atoms with Crippen LogP contribution in [-0.4, -0.2) is 23.1 Å². The average molecular weight is 210 g/mol. The van der Waals surface area contributed by atoms with Gasteiger partial charge < -0.3 is 16.0 Å². The summed E-state index contributed by atoms with van der Waals surface area (Å²) in [6.45, 7) is 3.59. The van der Waals surface area contributed by atoms with E-state index in [9.17, 15) is 4.79 Å². The Morgan fingerprint density at radius 1 is 1.67 bits per heavy atom. The molecule has 0 spiro atoms. The summed E-state index contributed by atoms with van der Waals surface area (Å²) in [6, 6.07) is 0. The zero-order chi connectivity index (χ0) is 11.1. The molecule has 0 aliphatic rings. The Hall–Kier alpha value is -1.36. The summed E-state index contributed by atoms with van der Waals surface area (Å²) in [5.41, 5.74) is 5.33.